The first-order valence-corrected chi connectivity index (χ1v) is 13.1. The Balaban J connectivity index is 1.14. The van der Waals surface area contributed by atoms with E-state index in [4.69, 9.17) is 0 Å². The van der Waals surface area contributed by atoms with Crippen LogP contribution in [0.1, 0.15) is 36.9 Å². The van der Waals surface area contributed by atoms with Crippen molar-refractivity contribution in [2.45, 2.75) is 44.3 Å². The number of hydrogen-bond donors (Lipinski definition) is 3. The number of carbonyl (C=O) groups is 2. The second-order valence-corrected chi connectivity index (χ2v) is 10.5. The van der Waals surface area contributed by atoms with E-state index in [1.165, 1.54) is 6.07 Å². The van der Waals surface area contributed by atoms with Crippen LogP contribution >= 0.6 is 23.1 Å². The van der Waals surface area contributed by atoms with E-state index in [-0.39, 0.29) is 17.1 Å². The van der Waals surface area contributed by atoms with E-state index in [2.05, 4.69) is 25.9 Å². The van der Waals surface area contributed by atoms with E-state index < -0.39 is 5.91 Å². The Hall–Kier alpha value is -3.08. The number of amides is 2. The maximum absolute atomic E-state index is 13.8. The largest absolute Gasteiger partial charge is 0.351 e. The van der Waals surface area contributed by atoms with Gasteiger partial charge in [0.2, 0.25) is 5.95 Å². The number of carbonyl (C=O) groups excluding carboxylic acids is 2. The predicted octanol–water partition coefficient (Wildman–Crippen LogP) is 5.18. The smallest absolute Gasteiger partial charge is 0.290 e. The molecule has 0 spiro atoms. The van der Waals surface area contributed by atoms with Gasteiger partial charge < -0.3 is 10.6 Å². The average Bonchev–Trinajstić information content (AvgIpc) is 3.49. The van der Waals surface area contributed by atoms with Crippen molar-refractivity contribution in [3.8, 4) is 10.4 Å². The zero-order valence-corrected chi connectivity index (χ0v) is 20.4. The first-order valence-electron chi connectivity index (χ1n) is 11.4. The summed E-state index contributed by atoms with van der Waals surface area (Å²) in [6.07, 6.45) is 7.20. The molecular formula is C25H24FN5O2S2. The van der Waals surface area contributed by atoms with Gasteiger partial charge in [0, 0.05) is 29.7 Å². The van der Waals surface area contributed by atoms with Crippen LogP contribution in [0.15, 0.2) is 52.9 Å². The Kier molecular flexibility index (Phi) is 7.21. The second kappa shape index (κ2) is 10.7. The van der Waals surface area contributed by atoms with Crippen LogP contribution in [-0.4, -0.2) is 33.2 Å². The topological polar surface area (TPSA) is 96.0 Å². The summed E-state index contributed by atoms with van der Waals surface area (Å²) in [7, 11) is 0. The Morgan fingerprint density at radius 3 is 2.69 bits per heavy atom. The van der Waals surface area contributed by atoms with Crippen LogP contribution in [0.4, 0.5) is 15.1 Å². The Morgan fingerprint density at radius 1 is 1.11 bits per heavy atom. The molecule has 0 unspecified atom stereocenters. The highest BCUT2D eigenvalue weighted by atomic mass is 32.2. The fourth-order valence-electron chi connectivity index (χ4n) is 4.32. The third kappa shape index (κ3) is 5.95. The number of aromatic nitrogens is 2. The summed E-state index contributed by atoms with van der Waals surface area (Å²) in [5.41, 5.74) is 2.63. The molecule has 2 aliphatic rings. The lowest BCUT2D eigenvalue weighted by Gasteiger charge is -2.30. The number of nitrogens with one attached hydrogen (secondary N) is 3. The summed E-state index contributed by atoms with van der Waals surface area (Å²) in [4.78, 5) is 33.3. The Morgan fingerprint density at radius 2 is 1.94 bits per heavy atom. The standard InChI is InChI=1S/C25H24FN5O2S2/c26-16-4-3-15(20(12-16)21-2-1-11-34-21)14-28-17-5-7-18(8-6-17)29-24-27-10-9-19(30-24)13-22-23(32)31-25(33)35-22/h1-4,9-13,17-18,28H,5-8,14H2,(H,27,29,30)(H,31,32,33)/b22-13+. The third-order valence-electron chi connectivity index (χ3n) is 6.10. The molecule has 2 amide bonds. The molecule has 1 aliphatic carbocycles. The molecule has 3 heterocycles. The summed E-state index contributed by atoms with van der Waals surface area (Å²) in [6, 6.07) is 11.4. The summed E-state index contributed by atoms with van der Waals surface area (Å²) >= 11 is 2.49. The number of thiophene rings is 1. The molecule has 35 heavy (non-hydrogen) atoms. The van der Waals surface area contributed by atoms with Gasteiger partial charge in [0.1, 0.15) is 5.82 Å². The molecule has 0 bridgehead atoms. The van der Waals surface area contributed by atoms with Crippen LogP contribution in [0.5, 0.6) is 0 Å². The van der Waals surface area contributed by atoms with Crippen LogP contribution in [0, 0.1) is 5.82 Å². The molecule has 2 aromatic heterocycles. The number of rotatable bonds is 7. The molecule has 2 fully saturated rings. The van der Waals surface area contributed by atoms with Gasteiger partial charge in [0.05, 0.1) is 10.6 Å². The number of nitrogens with zero attached hydrogens (tertiary/aromatic N) is 2. The fraction of sp³-hybridized carbons (Fsp3) is 0.280. The van der Waals surface area contributed by atoms with E-state index in [0.29, 0.717) is 29.1 Å². The van der Waals surface area contributed by atoms with Crippen LogP contribution in [0.2, 0.25) is 0 Å². The van der Waals surface area contributed by atoms with E-state index in [0.717, 1.165) is 53.4 Å². The monoisotopic (exact) mass is 509 g/mol. The Bertz CT molecular complexity index is 1260. The first kappa shape index (κ1) is 23.7. The van der Waals surface area contributed by atoms with E-state index in [9.17, 15) is 14.0 Å². The molecule has 10 heteroatoms. The van der Waals surface area contributed by atoms with Crippen LogP contribution in [-0.2, 0) is 11.3 Å². The van der Waals surface area contributed by atoms with Crippen molar-refractivity contribution in [1.29, 1.82) is 0 Å². The minimum atomic E-state index is -0.401. The molecule has 0 radical (unpaired) electrons. The lowest BCUT2D eigenvalue weighted by molar-refractivity contribution is -0.115. The van der Waals surface area contributed by atoms with Gasteiger partial charge >= 0.3 is 0 Å². The maximum Gasteiger partial charge on any atom is 0.290 e. The van der Waals surface area contributed by atoms with Crippen LogP contribution in [0.3, 0.4) is 0 Å². The fourth-order valence-corrected chi connectivity index (χ4v) is 5.77. The van der Waals surface area contributed by atoms with E-state index in [1.54, 1.807) is 35.7 Å². The molecule has 0 atom stereocenters. The van der Waals surface area contributed by atoms with Crippen molar-refractivity contribution in [3.05, 3.63) is 70.0 Å². The highest BCUT2D eigenvalue weighted by molar-refractivity contribution is 8.18. The number of hydrogen-bond acceptors (Lipinski definition) is 8. The summed E-state index contributed by atoms with van der Waals surface area (Å²) < 4.78 is 13.8. The average molecular weight is 510 g/mol. The minimum absolute atomic E-state index is 0.218. The molecule has 180 valence electrons. The SMILES string of the molecule is O=C1NC(=O)/C(=C\c2ccnc(NC3CCC(NCc4ccc(F)cc4-c4cccs4)CC3)n2)S1. The maximum atomic E-state index is 13.8. The molecule has 5 rings (SSSR count). The summed E-state index contributed by atoms with van der Waals surface area (Å²) in [5.74, 6) is -0.107. The van der Waals surface area contributed by atoms with Crippen LogP contribution < -0.4 is 16.0 Å². The van der Waals surface area contributed by atoms with Gasteiger partial charge in [-0.15, -0.1) is 11.3 Å². The van der Waals surface area contributed by atoms with Crippen molar-refractivity contribution in [3.63, 3.8) is 0 Å². The molecule has 1 aliphatic heterocycles. The zero-order valence-electron chi connectivity index (χ0n) is 18.8. The lowest BCUT2D eigenvalue weighted by Crippen LogP contribution is -2.37. The molecule has 3 aromatic rings. The van der Waals surface area contributed by atoms with Gasteiger partial charge in [0.15, 0.2) is 0 Å². The molecule has 1 saturated heterocycles. The van der Waals surface area contributed by atoms with E-state index in [1.807, 2.05) is 23.6 Å². The highest BCUT2D eigenvalue weighted by Gasteiger charge is 2.25. The van der Waals surface area contributed by atoms with Crippen molar-refractivity contribution >= 4 is 46.3 Å². The number of imide groups is 1. The van der Waals surface area contributed by atoms with Crippen molar-refractivity contribution in [2.75, 3.05) is 5.32 Å². The van der Waals surface area contributed by atoms with Crippen molar-refractivity contribution in [1.82, 2.24) is 20.6 Å². The summed E-state index contributed by atoms with van der Waals surface area (Å²) in [6.45, 7) is 0.699. The first-order chi connectivity index (χ1) is 17.0. The van der Waals surface area contributed by atoms with Gasteiger partial charge in [-0.05, 0) is 84.3 Å². The van der Waals surface area contributed by atoms with Gasteiger partial charge in [-0.2, -0.15) is 0 Å². The van der Waals surface area contributed by atoms with Gasteiger partial charge in [0.25, 0.3) is 11.1 Å². The normalized spacial score (nSPS) is 21.3. The number of halogens is 1. The second-order valence-electron chi connectivity index (χ2n) is 8.51. The van der Waals surface area contributed by atoms with Gasteiger partial charge in [-0.1, -0.05) is 12.1 Å². The molecular weight excluding hydrogens is 485 g/mol. The minimum Gasteiger partial charge on any atom is -0.351 e. The van der Waals surface area contributed by atoms with Gasteiger partial charge in [-0.25, -0.2) is 14.4 Å². The van der Waals surface area contributed by atoms with Crippen molar-refractivity contribution in [2.24, 2.45) is 0 Å². The molecule has 1 aromatic carbocycles. The number of thioether (sulfide) groups is 1. The highest BCUT2D eigenvalue weighted by Crippen LogP contribution is 2.30. The molecule has 7 nitrogen and oxygen atoms in total. The Labute approximate surface area is 210 Å². The van der Waals surface area contributed by atoms with Crippen molar-refractivity contribution < 1.29 is 14.0 Å². The van der Waals surface area contributed by atoms with Crippen LogP contribution in [0.25, 0.3) is 16.5 Å². The lowest BCUT2D eigenvalue weighted by atomic mass is 9.91. The number of anilines is 1. The predicted molar refractivity (Wildman–Crippen MR) is 137 cm³/mol. The molecule has 1 saturated carbocycles. The number of benzene rings is 1. The van der Waals surface area contributed by atoms with E-state index >= 15 is 0 Å². The molecule has 3 N–H and O–H groups in total. The zero-order chi connectivity index (χ0) is 24.2. The third-order valence-corrected chi connectivity index (χ3v) is 7.81. The quantitative estimate of drug-likeness (QED) is 0.378. The summed E-state index contributed by atoms with van der Waals surface area (Å²) in [5, 5.41) is 10.9. The van der Waals surface area contributed by atoms with Gasteiger partial charge in [-0.3, -0.25) is 14.9 Å².